The molecule has 136 valence electrons. The monoisotopic (exact) mass is 377 g/mol. The van der Waals surface area contributed by atoms with Crippen LogP contribution in [-0.2, 0) is 9.53 Å². The second-order valence-electron chi connectivity index (χ2n) is 5.94. The van der Waals surface area contributed by atoms with Crippen LogP contribution in [0, 0.1) is 0 Å². The first-order valence-corrected chi connectivity index (χ1v) is 7.75. The second-order valence-corrected chi connectivity index (χ2v) is 6.34. The summed E-state index contributed by atoms with van der Waals surface area (Å²) in [5, 5.41) is 5.80. The van der Waals surface area contributed by atoms with E-state index in [1.54, 1.807) is 12.1 Å². The van der Waals surface area contributed by atoms with E-state index in [1.165, 1.54) is 13.2 Å². The molecule has 0 saturated heterocycles. The van der Waals surface area contributed by atoms with Crippen molar-refractivity contribution in [1.29, 1.82) is 0 Å². The number of methoxy groups -OCH3 is 1. The predicted octanol–water partition coefficient (Wildman–Crippen LogP) is 2.59. The molecule has 1 unspecified atom stereocenters. The van der Waals surface area contributed by atoms with Crippen LogP contribution >= 0.6 is 24.0 Å². The molecule has 2 amide bonds. The van der Waals surface area contributed by atoms with E-state index in [-0.39, 0.29) is 41.4 Å². The van der Waals surface area contributed by atoms with Crippen molar-refractivity contribution in [3.8, 4) is 0 Å². The van der Waals surface area contributed by atoms with Crippen LogP contribution in [0.2, 0.25) is 5.02 Å². The van der Waals surface area contributed by atoms with Crippen LogP contribution in [-0.4, -0.2) is 37.1 Å². The van der Waals surface area contributed by atoms with E-state index >= 15 is 0 Å². The fraction of sp³-hybridized carbons (Fsp3) is 0.500. The molecule has 1 rings (SSSR count). The van der Waals surface area contributed by atoms with E-state index in [2.05, 4.69) is 10.6 Å². The quantitative estimate of drug-likeness (QED) is 0.680. The molecule has 0 aliphatic carbocycles. The third-order valence-electron chi connectivity index (χ3n) is 3.50. The molecule has 0 spiro atoms. The number of hydrogen-bond donors (Lipinski definition) is 3. The zero-order valence-electron chi connectivity index (χ0n) is 14.3. The van der Waals surface area contributed by atoms with Gasteiger partial charge in [0.2, 0.25) is 5.91 Å². The topological polar surface area (TPSA) is 93.5 Å². The average Bonchev–Trinajstić information content (AvgIpc) is 2.47. The van der Waals surface area contributed by atoms with E-state index in [4.69, 9.17) is 22.1 Å². The molecule has 0 aromatic heterocycles. The number of carbonyl (C=O) groups excluding carboxylic acids is 2. The van der Waals surface area contributed by atoms with E-state index < -0.39 is 6.04 Å². The Hall–Kier alpha value is -1.34. The van der Waals surface area contributed by atoms with Crippen molar-refractivity contribution in [3.63, 3.8) is 0 Å². The van der Waals surface area contributed by atoms with Crippen molar-refractivity contribution in [2.75, 3.05) is 19.0 Å². The lowest BCUT2D eigenvalue weighted by atomic mass is 10.0. The maximum atomic E-state index is 12.2. The number of rotatable bonds is 7. The Morgan fingerprint density at radius 3 is 2.50 bits per heavy atom. The number of amides is 2. The molecular weight excluding hydrogens is 353 g/mol. The molecular formula is C16H25Cl2N3O3. The third-order valence-corrected chi connectivity index (χ3v) is 3.81. The largest absolute Gasteiger partial charge is 0.383 e. The van der Waals surface area contributed by atoms with Crippen LogP contribution in [0.1, 0.15) is 37.6 Å². The number of benzene rings is 1. The number of anilines is 1. The van der Waals surface area contributed by atoms with Crippen LogP contribution in [0.25, 0.3) is 0 Å². The van der Waals surface area contributed by atoms with Gasteiger partial charge in [-0.1, -0.05) is 18.5 Å². The smallest absolute Gasteiger partial charge is 0.253 e. The van der Waals surface area contributed by atoms with Crippen LogP contribution in [0.3, 0.4) is 0 Å². The molecule has 0 fully saturated rings. The molecule has 0 heterocycles. The zero-order chi connectivity index (χ0) is 17.6. The van der Waals surface area contributed by atoms with Gasteiger partial charge in [-0.05, 0) is 38.5 Å². The molecule has 0 saturated carbocycles. The summed E-state index contributed by atoms with van der Waals surface area (Å²) in [5.41, 5.74) is 6.15. The van der Waals surface area contributed by atoms with Gasteiger partial charge in [0.05, 0.1) is 17.2 Å². The van der Waals surface area contributed by atoms with Gasteiger partial charge in [0, 0.05) is 18.3 Å². The molecule has 1 aromatic rings. The van der Waals surface area contributed by atoms with E-state index in [9.17, 15) is 9.59 Å². The number of nitrogens with two attached hydrogens (primary N) is 1. The Bertz CT molecular complexity index is 580. The van der Waals surface area contributed by atoms with Crippen LogP contribution in [0.4, 0.5) is 5.69 Å². The lowest BCUT2D eigenvalue weighted by Crippen LogP contribution is -2.42. The van der Waals surface area contributed by atoms with Crippen molar-refractivity contribution in [1.82, 2.24) is 5.32 Å². The Kier molecular flexibility index (Phi) is 9.29. The SMILES string of the molecule is CCC(C)(C)NC(=O)c1ccc(NC(=O)C(N)COC)cc1Cl.Cl. The highest BCUT2D eigenvalue weighted by atomic mass is 35.5. The van der Waals surface area contributed by atoms with Crippen molar-refractivity contribution >= 4 is 41.5 Å². The maximum absolute atomic E-state index is 12.2. The van der Waals surface area contributed by atoms with Gasteiger partial charge < -0.3 is 21.1 Å². The molecule has 24 heavy (non-hydrogen) atoms. The summed E-state index contributed by atoms with van der Waals surface area (Å²) < 4.78 is 4.83. The number of halogens is 2. The van der Waals surface area contributed by atoms with Gasteiger partial charge in [-0.15, -0.1) is 12.4 Å². The molecule has 0 aliphatic heterocycles. The summed E-state index contributed by atoms with van der Waals surface area (Å²) in [6, 6.07) is 3.93. The summed E-state index contributed by atoms with van der Waals surface area (Å²) in [7, 11) is 1.47. The van der Waals surface area contributed by atoms with E-state index in [0.29, 0.717) is 11.3 Å². The summed E-state index contributed by atoms with van der Waals surface area (Å²) in [5.74, 6) is -0.636. The lowest BCUT2D eigenvalue weighted by Gasteiger charge is -2.24. The van der Waals surface area contributed by atoms with Gasteiger partial charge >= 0.3 is 0 Å². The van der Waals surface area contributed by atoms with Gasteiger partial charge in [0.15, 0.2) is 0 Å². The minimum Gasteiger partial charge on any atom is -0.383 e. The minimum absolute atomic E-state index is 0. The molecule has 0 bridgehead atoms. The second kappa shape index (κ2) is 9.84. The van der Waals surface area contributed by atoms with E-state index in [1.807, 2.05) is 20.8 Å². The van der Waals surface area contributed by atoms with Gasteiger partial charge in [0.25, 0.3) is 5.91 Å². The fourth-order valence-corrected chi connectivity index (χ4v) is 2.00. The summed E-state index contributed by atoms with van der Waals surface area (Å²) in [6.45, 7) is 5.98. The van der Waals surface area contributed by atoms with Crippen molar-refractivity contribution in [2.24, 2.45) is 5.73 Å². The van der Waals surface area contributed by atoms with Gasteiger partial charge in [-0.2, -0.15) is 0 Å². The summed E-state index contributed by atoms with van der Waals surface area (Å²) >= 11 is 6.15. The van der Waals surface area contributed by atoms with Crippen LogP contribution < -0.4 is 16.4 Å². The molecule has 0 aliphatic rings. The number of carbonyl (C=O) groups is 2. The number of hydrogen-bond acceptors (Lipinski definition) is 4. The molecule has 4 N–H and O–H groups in total. The first kappa shape index (κ1) is 22.7. The lowest BCUT2D eigenvalue weighted by molar-refractivity contribution is -0.118. The van der Waals surface area contributed by atoms with Crippen molar-refractivity contribution in [3.05, 3.63) is 28.8 Å². The molecule has 0 radical (unpaired) electrons. The van der Waals surface area contributed by atoms with E-state index in [0.717, 1.165) is 6.42 Å². The number of nitrogens with one attached hydrogen (secondary N) is 2. The Morgan fingerprint density at radius 1 is 1.38 bits per heavy atom. The highest BCUT2D eigenvalue weighted by Gasteiger charge is 2.21. The Balaban J connectivity index is 0.00000529. The van der Waals surface area contributed by atoms with Crippen molar-refractivity contribution < 1.29 is 14.3 Å². The highest BCUT2D eigenvalue weighted by molar-refractivity contribution is 6.34. The fourth-order valence-electron chi connectivity index (χ4n) is 1.73. The van der Waals surface area contributed by atoms with Crippen molar-refractivity contribution in [2.45, 2.75) is 38.8 Å². The van der Waals surface area contributed by atoms with Gasteiger partial charge in [0.1, 0.15) is 6.04 Å². The van der Waals surface area contributed by atoms with Gasteiger partial charge in [-0.25, -0.2) is 0 Å². The first-order chi connectivity index (χ1) is 10.7. The summed E-state index contributed by atoms with van der Waals surface area (Å²) in [6.07, 6.45) is 0.794. The third kappa shape index (κ3) is 6.65. The molecule has 1 aromatic carbocycles. The highest BCUT2D eigenvalue weighted by Crippen LogP contribution is 2.22. The standard InChI is InChI=1S/C16H24ClN3O3.ClH/c1-5-16(2,3)20-14(21)11-7-6-10(8-12(11)17)19-15(22)13(18)9-23-4;/h6-8,13H,5,9,18H2,1-4H3,(H,19,22)(H,20,21);1H. The Morgan fingerprint density at radius 2 is 2.00 bits per heavy atom. The number of ether oxygens (including phenoxy) is 1. The normalized spacial score (nSPS) is 12.1. The molecule has 1 atom stereocenters. The molecule has 8 heteroatoms. The zero-order valence-corrected chi connectivity index (χ0v) is 15.9. The molecule has 6 nitrogen and oxygen atoms in total. The Labute approximate surface area is 153 Å². The minimum atomic E-state index is -0.771. The summed E-state index contributed by atoms with van der Waals surface area (Å²) in [4.78, 5) is 24.1. The van der Waals surface area contributed by atoms with Gasteiger partial charge in [-0.3, -0.25) is 9.59 Å². The predicted molar refractivity (Wildman–Crippen MR) is 99.0 cm³/mol. The maximum Gasteiger partial charge on any atom is 0.253 e. The average molecular weight is 378 g/mol. The van der Waals surface area contributed by atoms with Crippen LogP contribution in [0.15, 0.2) is 18.2 Å². The van der Waals surface area contributed by atoms with Crippen LogP contribution in [0.5, 0.6) is 0 Å². The first-order valence-electron chi connectivity index (χ1n) is 7.37.